The van der Waals surface area contributed by atoms with Gasteiger partial charge < -0.3 is 20.5 Å². The number of rotatable bonds is 2. The molecule has 0 aromatic carbocycles. The molecule has 0 spiro atoms. The Kier molecular flexibility index (Phi) is 5.16. The number of carbonyl (C=O) groups is 1. The zero-order valence-electron chi connectivity index (χ0n) is 11.5. The van der Waals surface area contributed by atoms with Gasteiger partial charge in [-0.1, -0.05) is 11.6 Å². The summed E-state index contributed by atoms with van der Waals surface area (Å²) in [6, 6.07) is -0.298. The number of nitrogens with two attached hydrogens (primary N) is 1. The van der Waals surface area contributed by atoms with Crippen LogP contribution in [0.15, 0.2) is 11.6 Å². The van der Waals surface area contributed by atoms with Gasteiger partial charge in [-0.05, 0) is 33.6 Å². The monoisotopic (exact) mass is 256 g/mol. The number of amides is 1. The maximum absolute atomic E-state index is 11.8. The number of hydrogen-bond donors (Lipinski definition) is 2. The van der Waals surface area contributed by atoms with Gasteiger partial charge in [0.2, 0.25) is 0 Å². The maximum atomic E-state index is 11.8. The molecule has 1 rings (SSSR count). The van der Waals surface area contributed by atoms with E-state index in [0.717, 1.165) is 12.8 Å². The fourth-order valence-corrected chi connectivity index (χ4v) is 1.83. The van der Waals surface area contributed by atoms with Gasteiger partial charge in [-0.25, -0.2) is 4.79 Å². The first-order chi connectivity index (χ1) is 8.31. The number of ether oxygens (including phenoxy) is 1. The molecule has 0 saturated carbocycles. The first-order valence-corrected chi connectivity index (χ1v) is 6.36. The summed E-state index contributed by atoms with van der Waals surface area (Å²) in [5.41, 5.74) is 6.40. The molecule has 0 aliphatic carbocycles. The van der Waals surface area contributed by atoms with Crippen LogP contribution in [0.25, 0.3) is 0 Å². The molecular formula is C13H24N2O3. The summed E-state index contributed by atoms with van der Waals surface area (Å²) < 4.78 is 5.32. The van der Waals surface area contributed by atoms with E-state index in [1.165, 1.54) is 5.57 Å². The van der Waals surface area contributed by atoms with Crippen LogP contribution in [0.2, 0.25) is 0 Å². The van der Waals surface area contributed by atoms with Crippen molar-refractivity contribution in [2.24, 2.45) is 5.73 Å². The number of piperidine rings is 1. The Morgan fingerprint density at radius 1 is 1.50 bits per heavy atom. The van der Waals surface area contributed by atoms with Gasteiger partial charge >= 0.3 is 6.09 Å². The fourth-order valence-electron chi connectivity index (χ4n) is 1.83. The van der Waals surface area contributed by atoms with Gasteiger partial charge in [-0.2, -0.15) is 0 Å². The molecular weight excluding hydrogens is 232 g/mol. The van der Waals surface area contributed by atoms with Crippen molar-refractivity contribution >= 4 is 6.09 Å². The molecule has 0 bridgehead atoms. The van der Waals surface area contributed by atoms with Gasteiger partial charge in [-0.15, -0.1) is 0 Å². The van der Waals surface area contributed by atoms with Crippen LogP contribution in [0.3, 0.4) is 0 Å². The van der Waals surface area contributed by atoms with E-state index in [2.05, 4.69) is 0 Å². The van der Waals surface area contributed by atoms with E-state index in [4.69, 9.17) is 15.6 Å². The number of carbonyl (C=O) groups excluding carboxylic acids is 1. The summed E-state index contributed by atoms with van der Waals surface area (Å²) in [5.74, 6) is 0. The molecule has 18 heavy (non-hydrogen) atoms. The SMILES string of the molecule is CC(C)(C)OC(=O)N1CCC(=C[C@@H](N)CO)CC1. The van der Waals surface area contributed by atoms with Crippen molar-refractivity contribution in [2.75, 3.05) is 19.7 Å². The predicted octanol–water partition coefficient (Wildman–Crippen LogP) is 1.26. The Balaban J connectivity index is 2.44. The second kappa shape index (κ2) is 6.20. The van der Waals surface area contributed by atoms with Gasteiger partial charge in [0.1, 0.15) is 5.60 Å². The zero-order valence-corrected chi connectivity index (χ0v) is 11.5. The average molecular weight is 256 g/mol. The van der Waals surface area contributed by atoms with Crippen LogP contribution in [0.4, 0.5) is 4.79 Å². The molecule has 1 heterocycles. The van der Waals surface area contributed by atoms with Crippen molar-refractivity contribution in [3.63, 3.8) is 0 Å². The third-order valence-electron chi connectivity index (χ3n) is 2.72. The minimum Gasteiger partial charge on any atom is -0.444 e. The predicted molar refractivity (Wildman–Crippen MR) is 70.2 cm³/mol. The first-order valence-electron chi connectivity index (χ1n) is 6.36. The Labute approximate surface area is 109 Å². The van der Waals surface area contributed by atoms with Crippen LogP contribution in [0, 0.1) is 0 Å². The van der Waals surface area contributed by atoms with E-state index in [1.54, 1.807) is 4.90 Å². The van der Waals surface area contributed by atoms with Gasteiger partial charge in [0, 0.05) is 19.1 Å². The summed E-state index contributed by atoms with van der Waals surface area (Å²) >= 11 is 0. The number of likely N-dealkylation sites (tertiary alicyclic amines) is 1. The quantitative estimate of drug-likeness (QED) is 0.729. The Morgan fingerprint density at radius 2 is 2.06 bits per heavy atom. The molecule has 1 aliphatic rings. The number of nitrogens with zero attached hydrogens (tertiary/aromatic N) is 1. The lowest BCUT2D eigenvalue weighted by Gasteiger charge is -2.31. The molecule has 1 atom stereocenters. The van der Waals surface area contributed by atoms with Gasteiger partial charge in [0.25, 0.3) is 0 Å². The second-order valence-corrected chi connectivity index (χ2v) is 5.64. The highest BCUT2D eigenvalue weighted by molar-refractivity contribution is 5.68. The lowest BCUT2D eigenvalue weighted by Crippen LogP contribution is -2.40. The number of aliphatic hydroxyl groups excluding tert-OH is 1. The molecule has 1 aliphatic heterocycles. The highest BCUT2D eigenvalue weighted by atomic mass is 16.6. The van der Waals surface area contributed by atoms with Crippen LogP contribution < -0.4 is 5.73 Å². The molecule has 1 fully saturated rings. The van der Waals surface area contributed by atoms with Crippen molar-refractivity contribution in [3.05, 3.63) is 11.6 Å². The van der Waals surface area contributed by atoms with Gasteiger partial charge in [0.05, 0.1) is 6.61 Å². The minimum atomic E-state index is -0.452. The molecule has 0 unspecified atom stereocenters. The van der Waals surface area contributed by atoms with E-state index in [0.29, 0.717) is 13.1 Å². The molecule has 0 radical (unpaired) electrons. The molecule has 3 N–H and O–H groups in total. The molecule has 1 saturated heterocycles. The van der Waals surface area contributed by atoms with Crippen molar-refractivity contribution in [2.45, 2.75) is 45.3 Å². The summed E-state index contributed by atoms with van der Waals surface area (Å²) in [5, 5.41) is 8.88. The summed E-state index contributed by atoms with van der Waals surface area (Å²) in [4.78, 5) is 13.5. The van der Waals surface area contributed by atoms with Crippen LogP contribution in [-0.4, -0.2) is 47.4 Å². The number of aliphatic hydroxyl groups is 1. The molecule has 104 valence electrons. The third-order valence-corrected chi connectivity index (χ3v) is 2.72. The van der Waals surface area contributed by atoms with Gasteiger partial charge in [-0.3, -0.25) is 0 Å². The van der Waals surface area contributed by atoms with Crippen molar-refractivity contribution in [1.82, 2.24) is 4.90 Å². The van der Waals surface area contributed by atoms with Crippen molar-refractivity contribution in [1.29, 1.82) is 0 Å². The van der Waals surface area contributed by atoms with Crippen LogP contribution >= 0.6 is 0 Å². The highest BCUT2D eigenvalue weighted by Gasteiger charge is 2.24. The fraction of sp³-hybridized carbons (Fsp3) is 0.769. The lowest BCUT2D eigenvalue weighted by molar-refractivity contribution is 0.0236. The Bertz CT molecular complexity index is 311. The highest BCUT2D eigenvalue weighted by Crippen LogP contribution is 2.19. The standard InChI is InChI=1S/C13H24N2O3/c1-13(2,3)18-12(17)15-6-4-10(5-7-15)8-11(14)9-16/h8,11,16H,4-7,9,14H2,1-3H3/t11-/m1/s1. The van der Waals surface area contributed by atoms with E-state index in [9.17, 15) is 4.79 Å². The molecule has 1 amide bonds. The molecule has 0 aromatic heterocycles. The lowest BCUT2D eigenvalue weighted by atomic mass is 10.0. The first kappa shape index (κ1) is 15.0. The van der Waals surface area contributed by atoms with Gasteiger partial charge in [0.15, 0.2) is 0 Å². The average Bonchev–Trinajstić information content (AvgIpc) is 2.27. The molecule has 5 heteroatoms. The smallest absolute Gasteiger partial charge is 0.410 e. The van der Waals surface area contributed by atoms with E-state index >= 15 is 0 Å². The summed E-state index contributed by atoms with van der Waals surface area (Å²) in [7, 11) is 0. The van der Waals surface area contributed by atoms with Crippen molar-refractivity contribution in [3.8, 4) is 0 Å². The third kappa shape index (κ3) is 5.06. The van der Waals surface area contributed by atoms with Crippen LogP contribution in [0.5, 0.6) is 0 Å². The Morgan fingerprint density at radius 3 is 2.50 bits per heavy atom. The van der Waals surface area contributed by atoms with E-state index < -0.39 is 5.60 Å². The van der Waals surface area contributed by atoms with Crippen LogP contribution in [-0.2, 0) is 4.74 Å². The Hall–Kier alpha value is -1.07. The summed E-state index contributed by atoms with van der Waals surface area (Å²) in [6.07, 6.45) is 3.24. The van der Waals surface area contributed by atoms with E-state index in [-0.39, 0.29) is 18.7 Å². The number of hydrogen-bond acceptors (Lipinski definition) is 4. The second-order valence-electron chi connectivity index (χ2n) is 5.64. The molecule has 5 nitrogen and oxygen atoms in total. The molecule has 0 aromatic rings. The largest absolute Gasteiger partial charge is 0.444 e. The summed E-state index contributed by atoms with van der Waals surface area (Å²) in [6.45, 7) is 6.85. The van der Waals surface area contributed by atoms with Crippen molar-refractivity contribution < 1.29 is 14.6 Å². The zero-order chi connectivity index (χ0) is 13.8. The van der Waals surface area contributed by atoms with E-state index in [1.807, 2.05) is 26.8 Å². The van der Waals surface area contributed by atoms with Crippen LogP contribution in [0.1, 0.15) is 33.6 Å². The topological polar surface area (TPSA) is 75.8 Å². The minimum absolute atomic E-state index is 0.0424. The maximum Gasteiger partial charge on any atom is 0.410 e. The normalized spacial score (nSPS) is 18.5.